The number of carbonyl (C=O) groups excluding carboxylic acids is 1. The van der Waals surface area contributed by atoms with Crippen LogP contribution in [-0.4, -0.2) is 36.2 Å². The number of carbonyl (C=O) groups is 1. The van der Waals surface area contributed by atoms with E-state index in [2.05, 4.69) is 37.2 Å². The standard InChI is InChI=1S/C22H22FN5O3/c1-3-20(29)25-16-5-4-6-17(13-16)26-21-19(23)14-24-22(28-21)27-15-7-9-18(10-8-15)31-12-11-30-2/h3-10,13-14H,1,11-12H2,2H3,(H,25,29)(H2,24,26,27,28)/i11D2. The van der Waals surface area contributed by atoms with Gasteiger partial charge in [-0.3, -0.25) is 4.79 Å². The summed E-state index contributed by atoms with van der Waals surface area (Å²) in [6.45, 7) is 1.25. The molecule has 0 bridgehead atoms. The largest absolute Gasteiger partial charge is 0.491 e. The molecule has 0 saturated carbocycles. The zero-order valence-corrected chi connectivity index (χ0v) is 16.7. The van der Waals surface area contributed by atoms with E-state index >= 15 is 0 Å². The molecule has 0 atom stereocenters. The highest BCUT2D eigenvalue weighted by molar-refractivity contribution is 5.99. The van der Waals surface area contributed by atoms with Crippen LogP contribution in [-0.2, 0) is 9.53 Å². The maximum atomic E-state index is 14.3. The third-order valence-electron chi connectivity index (χ3n) is 3.87. The van der Waals surface area contributed by atoms with Gasteiger partial charge in [-0.2, -0.15) is 4.98 Å². The van der Waals surface area contributed by atoms with Gasteiger partial charge in [-0.15, -0.1) is 0 Å². The van der Waals surface area contributed by atoms with Crippen molar-refractivity contribution in [3.63, 3.8) is 0 Å². The fourth-order valence-electron chi connectivity index (χ4n) is 2.46. The number of methoxy groups -OCH3 is 1. The van der Waals surface area contributed by atoms with Gasteiger partial charge in [0.2, 0.25) is 11.9 Å². The molecule has 1 aromatic heterocycles. The number of hydrogen-bond donors (Lipinski definition) is 3. The summed E-state index contributed by atoms with van der Waals surface area (Å²) in [5.41, 5.74) is 1.64. The molecule has 0 aliphatic rings. The summed E-state index contributed by atoms with van der Waals surface area (Å²) in [5.74, 6) is -0.467. The molecule has 9 heteroatoms. The Balaban J connectivity index is 1.67. The van der Waals surface area contributed by atoms with Gasteiger partial charge in [0.05, 0.1) is 15.5 Å². The van der Waals surface area contributed by atoms with Gasteiger partial charge in [0, 0.05) is 24.2 Å². The van der Waals surface area contributed by atoms with Crippen LogP contribution in [0.2, 0.25) is 0 Å². The Kier molecular flexibility index (Phi) is 6.56. The average molecular weight is 425 g/mol. The molecule has 3 rings (SSSR count). The molecule has 160 valence electrons. The monoisotopic (exact) mass is 425 g/mol. The van der Waals surface area contributed by atoms with Crippen LogP contribution in [0.4, 0.5) is 33.2 Å². The van der Waals surface area contributed by atoms with Crippen molar-refractivity contribution in [2.45, 2.75) is 0 Å². The van der Waals surface area contributed by atoms with Gasteiger partial charge < -0.3 is 25.4 Å². The van der Waals surface area contributed by atoms with E-state index in [1.54, 1.807) is 48.5 Å². The molecule has 31 heavy (non-hydrogen) atoms. The lowest BCUT2D eigenvalue weighted by molar-refractivity contribution is -0.111. The van der Waals surface area contributed by atoms with Crippen LogP contribution in [0.15, 0.2) is 67.4 Å². The summed E-state index contributed by atoms with van der Waals surface area (Å²) >= 11 is 0. The number of amides is 1. The third-order valence-corrected chi connectivity index (χ3v) is 3.87. The Bertz CT molecular complexity index is 1130. The molecule has 0 radical (unpaired) electrons. The Hall–Kier alpha value is -3.98. The maximum absolute atomic E-state index is 14.3. The fraction of sp³-hybridized carbons (Fsp3) is 0.136. The van der Waals surface area contributed by atoms with Crippen molar-refractivity contribution in [1.29, 1.82) is 0 Å². The predicted molar refractivity (Wildman–Crippen MR) is 118 cm³/mol. The molecule has 0 aliphatic heterocycles. The number of anilines is 5. The quantitative estimate of drug-likeness (QED) is 0.418. The van der Waals surface area contributed by atoms with Crippen LogP contribution < -0.4 is 20.7 Å². The number of halogens is 1. The number of ether oxygens (including phenoxy) is 2. The molecule has 0 saturated heterocycles. The van der Waals surface area contributed by atoms with E-state index in [0.29, 0.717) is 22.8 Å². The third kappa shape index (κ3) is 6.51. The summed E-state index contributed by atoms with van der Waals surface area (Å²) in [7, 11) is 1.26. The number of nitrogens with zero attached hydrogens (tertiary/aromatic N) is 2. The first-order valence-corrected chi connectivity index (χ1v) is 9.16. The second-order valence-electron chi connectivity index (χ2n) is 6.08. The van der Waals surface area contributed by atoms with E-state index in [9.17, 15) is 9.18 Å². The Morgan fingerprint density at radius 2 is 1.97 bits per heavy atom. The van der Waals surface area contributed by atoms with Gasteiger partial charge in [-0.1, -0.05) is 12.6 Å². The number of aromatic nitrogens is 2. The normalized spacial score (nSPS) is 11.7. The molecule has 0 unspecified atom stereocenters. The Labute approximate surface area is 181 Å². The summed E-state index contributed by atoms with van der Waals surface area (Å²) in [5, 5.41) is 8.45. The SMILES string of the molecule is [2H]C([2H])(COc1ccc(Nc2ncc(F)c(Nc3cccc(NC(=O)C=C)c3)n2)cc1)OC. The molecular formula is C22H22FN5O3. The van der Waals surface area contributed by atoms with E-state index < -0.39 is 12.4 Å². The van der Waals surface area contributed by atoms with Crippen LogP contribution in [0.25, 0.3) is 0 Å². The lowest BCUT2D eigenvalue weighted by atomic mass is 10.2. The summed E-state index contributed by atoms with van der Waals surface area (Å²) in [6.07, 6.45) is 2.18. The summed E-state index contributed by atoms with van der Waals surface area (Å²) < 4.78 is 39.3. The van der Waals surface area contributed by atoms with Crippen molar-refractivity contribution in [2.75, 3.05) is 36.2 Å². The molecule has 3 N–H and O–H groups in total. The molecule has 8 nitrogen and oxygen atoms in total. The van der Waals surface area contributed by atoms with E-state index in [1.807, 2.05) is 0 Å². The van der Waals surface area contributed by atoms with Crippen LogP contribution in [0.1, 0.15) is 2.74 Å². The van der Waals surface area contributed by atoms with Crippen LogP contribution >= 0.6 is 0 Å². The first-order valence-electron chi connectivity index (χ1n) is 10.2. The van der Waals surface area contributed by atoms with E-state index in [0.717, 1.165) is 12.3 Å². The van der Waals surface area contributed by atoms with Crippen molar-refractivity contribution in [3.05, 3.63) is 73.2 Å². The van der Waals surface area contributed by atoms with Gasteiger partial charge >= 0.3 is 0 Å². The number of benzene rings is 2. The first kappa shape index (κ1) is 19.0. The minimum atomic E-state index is -1.89. The first-order chi connectivity index (χ1) is 15.8. The lowest BCUT2D eigenvalue weighted by Crippen LogP contribution is -2.07. The van der Waals surface area contributed by atoms with E-state index in [4.69, 9.17) is 7.48 Å². The minimum absolute atomic E-state index is 0.0542. The van der Waals surface area contributed by atoms with Crippen LogP contribution in [0.3, 0.4) is 0 Å². The highest BCUT2D eigenvalue weighted by Gasteiger charge is 2.09. The van der Waals surface area contributed by atoms with Gasteiger partial charge in [0.1, 0.15) is 12.4 Å². The predicted octanol–water partition coefficient (Wildman–Crippen LogP) is 4.25. The summed E-state index contributed by atoms with van der Waals surface area (Å²) in [6, 6.07) is 13.4. The maximum Gasteiger partial charge on any atom is 0.247 e. The van der Waals surface area contributed by atoms with Crippen molar-refractivity contribution in [2.24, 2.45) is 0 Å². The molecular weight excluding hydrogens is 401 g/mol. The van der Waals surface area contributed by atoms with Crippen LogP contribution in [0.5, 0.6) is 5.75 Å². The minimum Gasteiger partial charge on any atom is -0.491 e. The highest BCUT2D eigenvalue weighted by atomic mass is 19.1. The second kappa shape index (κ2) is 10.7. The zero-order chi connectivity index (χ0) is 23.8. The molecule has 0 spiro atoms. The van der Waals surface area contributed by atoms with Gasteiger partial charge in [-0.25, -0.2) is 9.37 Å². The smallest absolute Gasteiger partial charge is 0.247 e. The van der Waals surface area contributed by atoms with E-state index in [-0.39, 0.29) is 24.3 Å². The number of hydrogen-bond acceptors (Lipinski definition) is 7. The zero-order valence-electron chi connectivity index (χ0n) is 18.7. The summed E-state index contributed by atoms with van der Waals surface area (Å²) in [4.78, 5) is 19.6. The average Bonchev–Trinajstić information content (AvgIpc) is 2.81. The lowest BCUT2D eigenvalue weighted by Gasteiger charge is -2.11. The fourth-order valence-corrected chi connectivity index (χ4v) is 2.46. The molecule has 0 fully saturated rings. The van der Waals surface area contributed by atoms with Gasteiger partial charge in [0.25, 0.3) is 0 Å². The number of nitrogens with one attached hydrogen (secondary N) is 3. The Morgan fingerprint density at radius 1 is 1.19 bits per heavy atom. The second-order valence-corrected chi connectivity index (χ2v) is 6.08. The van der Waals surface area contributed by atoms with Crippen molar-refractivity contribution in [3.8, 4) is 5.75 Å². The van der Waals surface area contributed by atoms with Crippen LogP contribution in [0, 0.1) is 5.82 Å². The van der Waals surface area contributed by atoms with Gasteiger partial charge in [-0.05, 0) is 48.5 Å². The highest BCUT2D eigenvalue weighted by Crippen LogP contribution is 2.23. The molecule has 2 aromatic carbocycles. The van der Waals surface area contributed by atoms with Crippen molar-refractivity contribution in [1.82, 2.24) is 9.97 Å². The van der Waals surface area contributed by atoms with Gasteiger partial charge in [0.15, 0.2) is 11.6 Å². The Morgan fingerprint density at radius 3 is 2.71 bits per heavy atom. The molecule has 1 heterocycles. The molecule has 1 amide bonds. The number of rotatable bonds is 10. The van der Waals surface area contributed by atoms with E-state index in [1.165, 1.54) is 7.11 Å². The van der Waals surface area contributed by atoms with Crippen molar-refractivity contribution < 1.29 is 21.4 Å². The van der Waals surface area contributed by atoms with Crippen molar-refractivity contribution >= 4 is 34.7 Å². The molecule has 3 aromatic rings. The molecule has 0 aliphatic carbocycles. The topological polar surface area (TPSA) is 97.4 Å².